The van der Waals surface area contributed by atoms with Crippen LogP contribution >= 0.6 is 0 Å². The van der Waals surface area contributed by atoms with Crippen LogP contribution in [0.1, 0.15) is 52.4 Å². The van der Waals surface area contributed by atoms with Gasteiger partial charge in [-0.15, -0.1) is 0 Å². The molecule has 0 aromatic heterocycles. The van der Waals surface area contributed by atoms with Crippen molar-refractivity contribution in [3.63, 3.8) is 0 Å². The predicted octanol–water partition coefficient (Wildman–Crippen LogP) is 2.07. The second kappa shape index (κ2) is 5.71. The standard InChI is InChI=1S/C19H29N3O2/c1-13-5-16(10-20)22(12-13)17(23)11-21-18(2)6-14-8-19(3-4-24-19)9-15(14)7-18/h13-16,21H,3-9,11-12H2,1-2H3/t13-,14-,15+,16-,18+,19?/m0/s1. The van der Waals surface area contributed by atoms with Crippen molar-refractivity contribution in [3.05, 3.63) is 0 Å². The summed E-state index contributed by atoms with van der Waals surface area (Å²) >= 11 is 0. The first-order valence-electron chi connectivity index (χ1n) is 9.50. The molecular weight excluding hydrogens is 302 g/mol. The molecule has 2 saturated heterocycles. The van der Waals surface area contributed by atoms with Gasteiger partial charge in [-0.2, -0.15) is 5.26 Å². The molecule has 4 rings (SSSR count). The molecule has 2 heterocycles. The molecule has 1 amide bonds. The highest BCUT2D eigenvalue weighted by molar-refractivity contribution is 5.79. The number of hydrogen-bond donors (Lipinski definition) is 1. The SMILES string of the molecule is C[C@H]1C[C@@H](C#N)N(C(=O)CN[C@]2(C)C[C@H]3CC4(CCO4)C[C@H]3C2)C1. The van der Waals surface area contributed by atoms with Gasteiger partial charge in [0.1, 0.15) is 6.04 Å². The molecule has 2 aliphatic carbocycles. The number of ether oxygens (including phenoxy) is 1. The van der Waals surface area contributed by atoms with Crippen LogP contribution in [-0.4, -0.2) is 47.7 Å². The predicted molar refractivity (Wildman–Crippen MR) is 90.1 cm³/mol. The smallest absolute Gasteiger partial charge is 0.237 e. The van der Waals surface area contributed by atoms with E-state index in [4.69, 9.17) is 4.74 Å². The largest absolute Gasteiger partial charge is 0.375 e. The van der Waals surface area contributed by atoms with Crippen LogP contribution in [0.25, 0.3) is 0 Å². The van der Waals surface area contributed by atoms with Gasteiger partial charge in [0.05, 0.1) is 24.8 Å². The van der Waals surface area contributed by atoms with Gasteiger partial charge in [0.2, 0.25) is 5.91 Å². The van der Waals surface area contributed by atoms with Gasteiger partial charge in [-0.3, -0.25) is 4.79 Å². The zero-order chi connectivity index (χ0) is 16.9. The number of hydrogen-bond acceptors (Lipinski definition) is 4. The maximum absolute atomic E-state index is 12.6. The Balaban J connectivity index is 1.30. The molecule has 1 spiro atoms. The third kappa shape index (κ3) is 2.74. The first kappa shape index (κ1) is 16.4. The molecule has 5 heteroatoms. The number of nitriles is 1. The summed E-state index contributed by atoms with van der Waals surface area (Å²) in [7, 11) is 0. The molecule has 1 unspecified atom stereocenters. The van der Waals surface area contributed by atoms with Crippen LogP contribution in [-0.2, 0) is 9.53 Å². The molecule has 0 bridgehead atoms. The fourth-order valence-corrected chi connectivity index (χ4v) is 5.78. The van der Waals surface area contributed by atoms with Crippen LogP contribution in [0, 0.1) is 29.1 Å². The van der Waals surface area contributed by atoms with Crippen LogP contribution in [0.15, 0.2) is 0 Å². The highest BCUT2D eigenvalue weighted by Gasteiger charge is 2.55. The zero-order valence-corrected chi connectivity index (χ0v) is 14.9. The van der Waals surface area contributed by atoms with Crippen molar-refractivity contribution in [1.29, 1.82) is 5.26 Å². The van der Waals surface area contributed by atoms with Crippen LogP contribution in [0.2, 0.25) is 0 Å². The van der Waals surface area contributed by atoms with Gasteiger partial charge in [0.25, 0.3) is 0 Å². The first-order chi connectivity index (χ1) is 11.4. The lowest BCUT2D eigenvalue weighted by Gasteiger charge is -2.40. The van der Waals surface area contributed by atoms with E-state index in [1.807, 2.05) is 0 Å². The summed E-state index contributed by atoms with van der Waals surface area (Å²) < 4.78 is 5.87. The maximum Gasteiger partial charge on any atom is 0.237 e. The average molecular weight is 331 g/mol. The molecule has 5 nitrogen and oxygen atoms in total. The minimum Gasteiger partial charge on any atom is -0.375 e. The summed E-state index contributed by atoms with van der Waals surface area (Å²) in [6.07, 6.45) is 6.77. The summed E-state index contributed by atoms with van der Waals surface area (Å²) in [5.41, 5.74) is 0.280. The van der Waals surface area contributed by atoms with E-state index in [2.05, 4.69) is 25.2 Å². The molecule has 4 aliphatic rings. The molecule has 132 valence electrons. The number of carbonyl (C=O) groups is 1. The molecule has 0 aromatic rings. The third-order valence-electron chi connectivity index (χ3n) is 6.97. The Kier molecular flexibility index (Phi) is 3.89. The summed E-state index contributed by atoms with van der Waals surface area (Å²) in [6, 6.07) is 2.04. The summed E-state index contributed by atoms with van der Waals surface area (Å²) in [4.78, 5) is 14.3. The minimum absolute atomic E-state index is 0.0594. The highest BCUT2D eigenvalue weighted by atomic mass is 16.5. The van der Waals surface area contributed by atoms with Crippen molar-refractivity contribution >= 4 is 5.91 Å². The molecule has 1 N–H and O–H groups in total. The van der Waals surface area contributed by atoms with Gasteiger partial charge >= 0.3 is 0 Å². The number of amides is 1. The lowest BCUT2D eigenvalue weighted by Crippen LogP contribution is -2.49. The van der Waals surface area contributed by atoms with Gasteiger partial charge in [0, 0.05) is 12.1 Å². The maximum atomic E-state index is 12.6. The van der Waals surface area contributed by atoms with Gasteiger partial charge in [0.15, 0.2) is 0 Å². The number of nitrogens with zero attached hydrogens (tertiary/aromatic N) is 2. The number of nitrogens with one attached hydrogen (secondary N) is 1. The molecular formula is C19H29N3O2. The van der Waals surface area contributed by atoms with Crippen LogP contribution < -0.4 is 5.32 Å². The van der Waals surface area contributed by atoms with Crippen molar-refractivity contribution in [2.45, 2.75) is 69.6 Å². The first-order valence-corrected chi connectivity index (χ1v) is 9.50. The summed E-state index contributed by atoms with van der Waals surface area (Å²) in [5.74, 6) is 2.01. The topological polar surface area (TPSA) is 65.4 Å². The second-order valence-corrected chi connectivity index (χ2v) is 9.06. The lowest BCUT2D eigenvalue weighted by molar-refractivity contribution is -0.146. The van der Waals surface area contributed by atoms with E-state index in [1.54, 1.807) is 4.90 Å². The Labute approximate surface area is 144 Å². The molecule has 0 aromatic carbocycles. The Bertz CT molecular complexity index is 549. The fourth-order valence-electron chi connectivity index (χ4n) is 5.78. The van der Waals surface area contributed by atoms with Gasteiger partial charge in [-0.05, 0) is 63.2 Å². The van der Waals surface area contributed by atoms with Crippen molar-refractivity contribution in [3.8, 4) is 6.07 Å². The van der Waals surface area contributed by atoms with Crippen molar-refractivity contribution in [2.24, 2.45) is 17.8 Å². The summed E-state index contributed by atoms with van der Waals surface area (Å²) in [5, 5.41) is 12.8. The molecule has 2 saturated carbocycles. The second-order valence-electron chi connectivity index (χ2n) is 9.06. The van der Waals surface area contributed by atoms with E-state index in [0.29, 0.717) is 12.5 Å². The van der Waals surface area contributed by atoms with E-state index < -0.39 is 0 Å². The average Bonchev–Trinajstić information content (AvgIpc) is 3.13. The van der Waals surface area contributed by atoms with Crippen molar-refractivity contribution in [2.75, 3.05) is 19.7 Å². The third-order valence-corrected chi connectivity index (χ3v) is 6.97. The monoisotopic (exact) mass is 331 g/mol. The van der Waals surface area contributed by atoms with Crippen molar-refractivity contribution in [1.82, 2.24) is 10.2 Å². The van der Waals surface area contributed by atoms with E-state index in [-0.39, 0.29) is 23.1 Å². The molecule has 0 radical (unpaired) electrons. The molecule has 24 heavy (non-hydrogen) atoms. The van der Waals surface area contributed by atoms with Crippen LogP contribution in [0.3, 0.4) is 0 Å². The normalized spacial score (nSPS) is 46.8. The van der Waals surface area contributed by atoms with Gasteiger partial charge < -0.3 is 15.0 Å². The van der Waals surface area contributed by atoms with Crippen LogP contribution in [0.4, 0.5) is 0 Å². The molecule has 2 aliphatic heterocycles. The van der Waals surface area contributed by atoms with E-state index in [1.165, 1.54) is 19.3 Å². The molecule has 6 atom stereocenters. The number of likely N-dealkylation sites (tertiary alicyclic amines) is 1. The quantitative estimate of drug-likeness (QED) is 0.860. The molecule has 4 fully saturated rings. The Morgan fingerprint density at radius 1 is 1.33 bits per heavy atom. The number of fused-ring (bicyclic) bond motifs is 1. The number of carbonyl (C=O) groups excluding carboxylic acids is 1. The van der Waals surface area contributed by atoms with Crippen molar-refractivity contribution < 1.29 is 9.53 Å². The van der Waals surface area contributed by atoms with Gasteiger partial charge in [-0.25, -0.2) is 0 Å². The Morgan fingerprint density at radius 2 is 2.00 bits per heavy atom. The van der Waals surface area contributed by atoms with E-state index in [0.717, 1.165) is 44.2 Å². The lowest BCUT2D eigenvalue weighted by atomic mass is 9.86. The van der Waals surface area contributed by atoms with E-state index >= 15 is 0 Å². The summed E-state index contributed by atoms with van der Waals surface area (Å²) in [6.45, 7) is 6.41. The van der Waals surface area contributed by atoms with Crippen LogP contribution in [0.5, 0.6) is 0 Å². The minimum atomic E-state index is -0.235. The highest BCUT2D eigenvalue weighted by Crippen LogP contribution is 2.56. The van der Waals surface area contributed by atoms with Gasteiger partial charge in [-0.1, -0.05) is 6.92 Å². The Hall–Kier alpha value is -1.12. The Morgan fingerprint density at radius 3 is 2.54 bits per heavy atom. The van der Waals surface area contributed by atoms with E-state index in [9.17, 15) is 10.1 Å². The zero-order valence-electron chi connectivity index (χ0n) is 14.9. The fraction of sp³-hybridized carbons (Fsp3) is 0.895. The number of rotatable bonds is 3.